The minimum Gasteiger partial charge on any atom is -0.466 e. The molecule has 7 nitrogen and oxygen atoms in total. The van der Waals surface area contributed by atoms with E-state index in [-0.39, 0.29) is 11.9 Å². The average molecular weight is 416 g/mol. The molecule has 0 saturated carbocycles. The van der Waals surface area contributed by atoms with Crippen LogP contribution in [0.4, 0.5) is 10.5 Å². The van der Waals surface area contributed by atoms with Gasteiger partial charge in [-0.3, -0.25) is 9.69 Å². The molecule has 0 aromatic heterocycles. The Bertz CT molecular complexity index is 803. The third kappa shape index (κ3) is 5.84. The number of benzene rings is 1. The Morgan fingerprint density at radius 3 is 2.57 bits per heavy atom. The molecule has 1 atom stereocenters. The molecule has 1 heterocycles. The van der Waals surface area contributed by atoms with Gasteiger partial charge in [0.1, 0.15) is 0 Å². The van der Waals surface area contributed by atoms with Gasteiger partial charge in [-0.05, 0) is 37.5 Å². The number of urea groups is 1. The van der Waals surface area contributed by atoms with Crippen LogP contribution in [-0.4, -0.2) is 36.5 Å². The first-order chi connectivity index (χ1) is 14.4. The van der Waals surface area contributed by atoms with E-state index in [1.807, 2.05) is 13.0 Å². The minimum atomic E-state index is -0.639. The van der Waals surface area contributed by atoms with Gasteiger partial charge in [-0.1, -0.05) is 45.2 Å². The number of amides is 3. The predicted octanol–water partition coefficient (Wildman–Crippen LogP) is 4.52. The number of hydrogen-bond donors (Lipinski definition) is 2. The molecule has 3 amide bonds. The lowest BCUT2D eigenvalue weighted by Gasteiger charge is -2.35. The maximum Gasteiger partial charge on any atom is 0.337 e. The zero-order chi connectivity index (χ0) is 22.1. The molecular weight excluding hydrogens is 382 g/mol. The maximum atomic E-state index is 12.7. The Kier molecular flexibility index (Phi) is 8.89. The van der Waals surface area contributed by atoms with Crippen molar-refractivity contribution in [2.45, 2.75) is 65.3 Å². The summed E-state index contributed by atoms with van der Waals surface area (Å²) in [5.41, 5.74) is 2.35. The van der Waals surface area contributed by atoms with E-state index in [9.17, 15) is 14.4 Å². The van der Waals surface area contributed by atoms with E-state index in [2.05, 4.69) is 17.6 Å². The number of rotatable bonds is 10. The molecule has 0 radical (unpaired) electrons. The first-order valence-corrected chi connectivity index (χ1v) is 10.7. The van der Waals surface area contributed by atoms with Crippen molar-refractivity contribution in [3.05, 3.63) is 41.1 Å². The smallest absolute Gasteiger partial charge is 0.337 e. The topological polar surface area (TPSA) is 87.7 Å². The van der Waals surface area contributed by atoms with Gasteiger partial charge in [0.15, 0.2) is 0 Å². The summed E-state index contributed by atoms with van der Waals surface area (Å²) in [4.78, 5) is 39.0. The molecule has 0 fully saturated rings. The molecular formula is C23H33N3O4. The van der Waals surface area contributed by atoms with E-state index >= 15 is 0 Å². The van der Waals surface area contributed by atoms with Crippen LogP contribution in [0, 0.1) is 0 Å². The summed E-state index contributed by atoms with van der Waals surface area (Å²) >= 11 is 0. The number of carbonyl (C=O) groups excluding carboxylic acids is 3. The highest BCUT2D eigenvalue weighted by atomic mass is 16.5. The summed E-state index contributed by atoms with van der Waals surface area (Å²) in [6.07, 6.45) is 5.17. The molecule has 1 aliphatic heterocycles. The molecule has 7 heteroatoms. The van der Waals surface area contributed by atoms with Gasteiger partial charge < -0.3 is 15.4 Å². The molecule has 1 aromatic carbocycles. The van der Waals surface area contributed by atoms with Gasteiger partial charge in [0.25, 0.3) is 0 Å². The third-order valence-electron chi connectivity index (χ3n) is 5.25. The largest absolute Gasteiger partial charge is 0.466 e. The number of nitrogens with zero attached hydrogens (tertiary/aromatic N) is 1. The molecule has 0 bridgehead atoms. The monoisotopic (exact) mass is 415 g/mol. The number of esters is 1. The summed E-state index contributed by atoms with van der Waals surface area (Å²) < 4.78 is 5.01. The summed E-state index contributed by atoms with van der Waals surface area (Å²) in [6, 6.07) is 6.34. The first kappa shape index (κ1) is 23.4. The Labute approximate surface area is 178 Å². The zero-order valence-electron chi connectivity index (χ0n) is 18.4. The number of unbranched alkanes of at least 4 members (excludes halogenated alkanes) is 3. The number of nitrogens with one attached hydrogen (secondary N) is 2. The lowest BCUT2D eigenvalue weighted by molar-refractivity contribution is -0.136. The van der Waals surface area contributed by atoms with Gasteiger partial charge in [-0.25, -0.2) is 9.59 Å². The van der Waals surface area contributed by atoms with Crippen molar-refractivity contribution in [3.8, 4) is 0 Å². The Morgan fingerprint density at radius 2 is 1.90 bits per heavy atom. The van der Waals surface area contributed by atoms with Crippen LogP contribution >= 0.6 is 0 Å². The average Bonchev–Trinajstić information content (AvgIpc) is 2.73. The number of hydrogen-bond acceptors (Lipinski definition) is 4. The number of allylic oxidation sites excluding steroid dienone is 1. The summed E-state index contributed by atoms with van der Waals surface area (Å²) in [6.45, 7) is 6.45. The molecule has 2 N–H and O–H groups in total. The normalized spacial score (nSPS) is 16.3. The highest BCUT2D eigenvalue weighted by Gasteiger charge is 2.36. The van der Waals surface area contributed by atoms with Gasteiger partial charge >= 0.3 is 12.0 Å². The maximum absolute atomic E-state index is 12.7. The van der Waals surface area contributed by atoms with Crippen LogP contribution in [0.5, 0.6) is 0 Å². The van der Waals surface area contributed by atoms with Crippen LogP contribution < -0.4 is 10.6 Å². The molecule has 1 aliphatic rings. The molecule has 1 unspecified atom stereocenters. The lowest BCUT2D eigenvalue weighted by Crippen LogP contribution is -2.48. The molecule has 0 saturated heterocycles. The summed E-state index contributed by atoms with van der Waals surface area (Å²) in [5.74, 6) is -0.521. The van der Waals surface area contributed by atoms with E-state index in [1.54, 1.807) is 30.0 Å². The van der Waals surface area contributed by atoms with Crippen LogP contribution in [0.1, 0.15) is 70.9 Å². The van der Waals surface area contributed by atoms with Crippen molar-refractivity contribution in [1.29, 1.82) is 0 Å². The van der Waals surface area contributed by atoms with Crippen molar-refractivity contribution in [2.24, 2.45) is 0 Å². The second-order valence-corrected chi connectivity index (χ2v) is 7.51. The van der Waals surface area contributed by atoms with E-state index in [0.29, 0.717) is 35.5 Å². The fraction of sp³-hybridized carbons (Fsp3) is 0.522. The van der Waals surface area contributed by atoms with Gasteiger partial charge in [-0.2, -0.15) is 0 Å². The highest BCUT2D eigenvalue weighted by Crippen LogP contribution is 2.32. The Morgan fingerprint density at radius 1 is 1.17 bits per heavy atom. The van der Waals surface area contributed by atoms with Gasteiger partial charge in [0, 0.05) is 24.4 Å². The van der Waals surface area contributed by atoms with E-state index < -0.39 is 12.0 Å². The summed E-state index contributed by atoms with van der Waals surface area (Å²) in [7, 11) is 1.33. The minimum absolute atomic E-state index is 0.0427. The fourth-order valence-electron chi connectivity index (χ4n) is 3.55. The van der Waals surface area contributed by atoms with Crippen LogP contribution in [0.2, 0.25) is 0 Å². The lowest BCUT2D eigenvalue weighted by atomic mass is 9.94. The molecule has 1 aromatic rings. The van der Waals surface area contributed by atoms with Gasteiger partial charge in [-0.15, -0.1) is 0 Å². The second-order valence-electron chi connectivity index (χ2n) is 7.51. The van der Waals surface area contributed by atoms with Gasteiger partial charge in [0.2, 0.25) is 5.91 Å². The summed E-state index contributed by atoms with van der Waals surface area (Å²) in [5, 5.41) is 5.83. The molecule has 0 spiro atoms. The first-order valence-electron chi connectivity index (χ1n) is 10.7. The Balaban J connectivity index is 2.30. The number of anilines is 1. The standard InChI is InChI=1S/C23H33N3O4/c1-5-7-9-13-19(27)24-18-12-10-11-17(15-18)21-20(22(28)30-4)16(3)26(14-8-6-2)23(29)25-21/h10-12,15,21H,5-9,13-14H2,1-4H3,(H,24,27)(H,25,29). The van der Waals surface area contributed by atoms with Crippen LogP contribution in [-0.2, 0) is 14.3 Å². The molecule has 0 aliphatic carbocycles. The quantitative estimate of drug-likeness (QED) is 0.434. The Hall–Kier alpha value is -2.83. The number of carbonyl (C=O) groups is 3. The van der Waals surface area contributed by atoms with Crippen molar-refractivity contribution in [1.82, 2.24) is 10.2 Å². The highest BCUT2D eigenvalue weighted by molar-refractivity contribution is 5.95. The van der Waals surface area contributed by atoms with Crippen molar-refractivity contribution < 1.29 is 19.1 Å². The number of methoxy groups -OCH3 is 1. The van der Waals surface area contributed by atoms with E-state index in [0.717, 1.165) is 32.1 Å². The van der Waals surface area contributed by atoms with E-state index in [4.69, 9.17) is 4.74 Å². The molecule has 2 rings (SSSR count). The number of ether oxygens (including phenoxy) is 1. The predicted molar refractivity (Wildman–Crippen MR) is 117 cm³/mol. The fourth-order valence-corrected chi connectivity index (χ4v) is 3.55. The zero-order valence-corrected chi connectivity index (χ0v) is 18.4. The molecule has 164 valence electrons. The second kappa shape index (κ2) is 11.4. The van der Waals surface area contributed by atoms with Crippen LogP contribution in [0.25, 0.3) is 0 Å². The molecule has 30 heavy (non-hydrogen) atoms. The SMILES string of the molecule is CCCCCC(=O)Nc1cccc(C2NC(=O)N(CCCC)C(C)=C2C(=O)OC)c1. The van der Waals surface area contributed by atoms with Crippen molar-refractivity contribution in [2.75, 3.05) is 19.0 Å². The van der Waals surface area contributed by atoms with Crippen molar-refractivity contribution >= 4 is 23.6 Å². The van der Waals surface area contributed by atoms with Crippen molar-refractivity contribution in [3.63, 3.8) is 0 Å². The van der Waals surface area contributed by atoms with E-state index in [1.165, 1.54) is 7.11 Å². The van der Waals surface area contributed by atoms with Gasteiger partial charge in [0.05, 0.1) is 18.7 Å². The van der Waals surface area contributed by atoms with Crippen LogP contribution in [0.3, 0.4) is 0 Å². The van der Waals surface area contributed by atoms with Crippen LogP contribution in [0.15, 0.2) is 35.5 Å². The third-order valence-corrected chi connectivity index (χ3v) is 5.25.